The monoisotopic (exact) mass is 567 g/mol. The maximum Gasteiger partial charge on any atom is 0.255 e. The van der Waals surface area contributed by atoms with Crippen molar-refractivity contribution in [2.24, 2.45) is 0 Å². The summed E-state index contributed by atoms with van der Waals surface area (Å²) in [4.78, 5) is 29.8. The molecule has 0 radical (unpaired) electrons. The van der Waals surface area contributed by atoms with E-state index in [4.69, 9.17) is 9.47 Å². The molecule has 1 fully saturated rings. The van der Waals surface area contributed by atoms with Gasteiger partial charge < -0.3 is 19.4 Å². The average Bonchev–Trinajstić information content (AvgIpc) is 3.29. The SMILES string of the molecule is COc1ccc(P)c(CNC(=O)c2cn(Cc3ccc(Cn4cc(P)ccc4=O)nc3)nc2C2COC2)c1F. The highest BCUT2D eigenvalue weighted by atomic mass is 31.0. The van der Waals surface area contributed by atoms with Crippen molar-refractivity contribution in [3.8, 4) is 5.75 Å². The van der Waals surface area contributed by atoms with Gasteiger partial charge in [-0.25, -0.2) is 4.39 Å². The zero-order valence-corrected chi connectivity index (χ0v) is 23.6. The van der Waals surface area contributed by atoms with Gasteiger partial charge in [0, 0.05) is 36.8 Å². The van der Waals surface area contributed by atoms with Crippen molar-refractivity contribution in [1.82, 2.24) is 24.6 Å². The first-order valence-electron chi connectivity index (χ1n) is 12.3. The summed E-state index contributed by atoms with van der Waals surface area (Å²) in [7, 11) is 6.46. The van der Waals surface area contributed by atoms with Gasteiger partial charge in [-0.15, -0.1) is 18.5 Å². The Morgan fingerprint density at radius 2 is 1.97 bits per heavy atom. The van der Waals surface area contributed by atoms with Crippen LogP contribution in [0.1, 0.15) is 38.8 Å². The Morgan fingerprint density at radius 3 is 2.67 bits per heavy atom. The molecule has 2 atom stereocenters. The first-order chi connectivity index (χ1) is 18.8. The van der Waals surface area contributed by atoms with Crippen LogP contribution in [0, 0.1) is 5.82 Å². The Labute approximate surface area is 229 Å². The number of nitrogens with one attached hydrogen (secondary N) is 1. The summed E-state index contributed by atoms with van der Waals surface area (Å²) < 4.78 is 28.5. The van der Waals surface area contributed by atoms with Crippen LogP contribution in [0.2, 0.25) is 0 Å². The van der Waals surface area contributed by atoms with E-state index in [9.17, 15) is 14.0 Å². The van der Waals surface area contributed by atoms with Crippen molar-refractivity contribution in [3.05, 3.63) is 99.2 Å². The number of nitrogens with zero attached hydrogens (tertiary/aromatic N) is 4. The van der Waals surface area contributed by atoms with Gasteiger partial charge in [-0.3, -0.25) is 19.3 Å². The van der Waals surface area contributed by atoms with Crippen LogP contribution >= 0.6 is 18.5 Å². The summed E-state index contributed by atoms with van der Waals surface area (Å²) in [5.74, 6) is -0.708. The molecule has 1 aromatic carbocycles. The lowest BCUT2D eigenvalue weighted by atomic mass is 10.00. The van der Waals surface area contributed by atoms with E-state index in [2.05, 4.69) is 33.9 Å². The van der Waals surface area contributed by atoms with E-state index in [0.717, 1.165) is 16.6 Å². The first-order valence-corrected chi connectivity index (χ1v) is 13.4. The number of carbonyl (C=O) groups excluding carboxylic acids is 1. The predicted molar refractivity (Wildman–Crippen MR) is 152 cm³/mol. The van der Waals surface area contributed by atoms with E-state index in [0.29, 0.717) is 48.4 Å². The molecule has 0 saturated carbocycles. The number of methoxy groups -OCH3 is 1. The number of ether oxygens (including phenoxy) is 2. The molecular weight excluding hydrogens is 539 g/mol. The van der Waals surface area contributed by atoms with Gasteiger partial charge in [0.15, 0.2) is 11.6 Å². The molecule has 4 aromatic rings. The van der Waals surface area contributed by atoms with Crippen molar-refractivity contribution >= 4 is 35.0 Å². The summed E-state index contributed by atoms with van der Waals surface area (Å²) in [6.45, 7) is 1.75. The normalized spacial score (nSPS) is 13.2. The standard InChI is InChI=1S/C27H28FN5O4P2/c1-36-22-5-6-23(39)20(25(22)28)9-30-27(35)21-13-33(31-26(21)17-14-37-15-17)10-16-2-3-18(29-8-16)11-32-12-19(38)4-7-24(32)34/h2-8,12-13,17H,9-11,14-15,38-39H2,1H3,(H,30,35). The van der Waals surface area contributed by atoms with E-state index in [-0.39, 0.29) is 29.7 Å². The third kappa shape index (κ3) is 6.09. The molecule has 9 nitrogen and oxygen atoms in total. The molecule has 1 N–H and O–H groups in total. The molecule has 5 rings (SSSR count). The summed E-state index contributed by atoms with van der Waals surface area (Å²) >= 11 is 0. The van der Waals surface area contributed by atoms with Crippen LogP contribution in [-0.4, -0.2) is 45.6 Å². The Bertz CT molecular complexity index is 1570. The van der Waals surface area contributed by atoms with Crippen LogP contribution in [-0.2, 0) is 24.4 Å². The fourth-order valence-electron chi connectivity index (χ4n) is 4.28. The van der Waals surface area contributed by atoms with E-state index in [1.807, 2.05) is 12.1 Å². The number of aromatic nitrogens is 4. The molecule has 202 valence electrons. The van der Waals surface area contributed by atoms with Crippen LogP contribution in [0.3, 0.4) is 0 Å². The third-order valence-corrected chi connectivity index (χ3v) is 7.40. The largest absolute Gasteiger partial charge is 0.494 e. The smallest absolute Gasteiger partial charge is 0.255 e. The molecule has 0 bridgehead atoms. The molecule has 3 aromatic heterocycles. The number of pyridine rings is 2. The molecule has 1 aliphatic rings. The molecule has 0 aliphatic carbocycles. The number of rotatable bonds is 9. The maximum atomic E-state index is 14.7. The predicted octanol–water partition coefficient (Wildman–Crippen LogP) is 1.73. The van der Waals surface area contributed by atoms with E-state index >= 15 is 0 Å². The minimum Gasteiger partial charge on any atom is -0.494 e. The van der Waals surface area contributed by atoms with Crippen molar-refractivity contribution in [3.63, 3.8) is 0 Å². The van der Waals surface area contributed by atoms with Gasteiger partial charge in [-0.2, -0.15) is 5.10 Å². The van der Waals surface area contributed by atoms with Gasteiger partial charge in [0.1, 0.15) is 0 Å². The van der Waals surface area contributed by atoms with Crippen LogP contribution in [0.4, 0.5) is 4.39 Å². The van der Waals surface area contributed by atoms with Crippen LogP contribution in [0.5, 0.6) is 5.75 Å². The number of benzene rings is 1. The van der Waals surface area contributed by atoms with Gasteiger partial charge >= 0.3 is 0 Å². The first kappa shape index (κ1) is 27.1. The Balaban J connectivity index is 1.30. The Hall–Kier alpha value is -3.45. The maximum absolute atomic E-state index is 14.7. The highest BCUT2D eigenvalue weighted by Crippen LogP contribution is 2.26. The Kier molecular flexibility index (Phi) is 8.17. The van der Waals surface area contributed by atoms with Crippen molar-refractivity contribution in [2.75, 3.05) is 20.3 Å². The molecule has 0 spiro atoms. The van der Waals surface area contributed by atoms with E-state index in [1.54, 1.807) is 46.0 Å². The minimum atomic E-state index is -0.504. The second kappa shape index (κ2) is 11.7. The lowest BCUT2D eigenvalue weighted by Gasteiger charge is -2.25. The fourth-order valence-corrected chi connectivity index (χ4v) is 4.88. The highest BCUT2D eigenvalue weighted by molar-refractivity contribution is 7.27. The molecule has 2 unspecified atom stereocenters. The fraction of sp³-hybridized carbons (Fsp3) is 0.259. The molecule has 1 aliphatic heterocycles. The van der Waals surface area contributed by atoms with Crippen LogP contribution in [0.25, 0.3) is 0 Å². The molecule has 1 saturated heterocycles. The van der Waals surface area contributed by atoms with Gasteiger partial charge in [-0.05, 0) is 34.4 Å². The van der Waals surface area contributed by atoms with E-state index < -0.39 is 5.82 Å². The van der Waals surface area contributed by atoms with Crippen LogP contribution in [0.15, 0.2) is 59.8 Å². The highest BCUT2D eigenvalue weighted by Gasteiger charge is 2.29. The topological polar surface area (TPSA) is 100 Å². The number of halogens is 1. The van der Waals surface area contributed by atoms with Gasteiger partial charge in [0.2, 0.25) is 0 Å². The second-order valence-corrected chi connectivity index (χ2v) is 10.6. The van der Waals surface area contributed by atoms with Crippen molar-refractivity contribution < 1.29 is 18.7 Å². The zero-order chi connectivity index (χ0) is 27.5. The molecule has 39 heavy (non-hydrogen) atoms. The van der Waals surface area contributed by atoms with Crippen molar-refractivity contribution in [1.29, 1.82) is 0 Å². The summed E-state index contributed by atoms with van der Waals surface area (Å²) in [6.07, 6.45) is 5.21. The quantitative estimate of drug-likeness (QED) is 0.310. The van der Waals surface area contributed by atoms with Gasteiger partial charge in [0.25, 0.3) is 11.5 Å². The molecule has 12 heteroatoms. The lowest BCUT2D eigenvalue weighted by molar-refractivity contribution is 0.00620. The second-order valence-electron chi connectivity index (χ2n) is 9.28. The summed E-state index contributed by atoms with van der Waals surface area (Å²) in [5.41, 5.74) is 2.97. The molecule has 1 amide bonds. The molecular formula is C27H28FN5O4P2. The summed E-state index contributed by atoms with van der Waals surface area (Å²) in [6, 6.07) is 10.3. The number of hydrogen-bond acceptors (Lipinski definition) is 6. The Morgan fingerprint density at radius 1 is 1.15 bits per heavy atom. The van der Waals surface area contributed by atoms with Gasteiger partial charge in [0.05, 0.1) is 56.3 Å². The van der Waals surface area contributed by atoms with Crippen molar-refractivity contribution in [2.45, 2.75) is 25.6 Å². The van der Waals surface area contributed by atoms with E-state index in [1.165, 1.54) is 13.2 Å². The zero-order valence-electron chi connectivity index (χ0n) is 21.3. The lowest BCUT2D eigenvalue weighted by Crippen LogP contribution is -2.30. The van der Waals surface area contributed by atoms with Crippen LogP contribution < -0.4 is 26.2 Å². The molecule has 4 heterocycles. The van der Waals surface area contributed by atoms with Gasteiger partial charge in [-0.1, -0.05) is 12.1 Å². The number of carbonyl (C=O) groups is 1. The minimum absolute atomic E-state index is 0.000577. The average molecular weight is 567 g/mol. The third-order valence-electron chi connectivity index (χ3n) is 6.52. The summed E-state index contributed by atoms with van der Waals surface area (Å²) in [5, 5.41) is 9.06. The number of hydrogen-bond donors (Lipinski definition) is 1. The number of amides is 1.